The van der Waals surface area contributed by atoms with E-state index >= 15 is 0 Å². The van der Waals surface area contributed by atoms with Gasteiger partial charge in [-0.15, -0.1) is 0 Å². The Balaban J connectivity index is 1.70. The first-order valence-electron chi connectivity index (χ1n) is 7.90. The van der Waals surface area contributed by atoms with Crippen molar-refractivity contribution in [3.8, 4) is 11.5 Å². The van der Waals surface area contributed by atoms with Gasteiger partial charge < -0.3 is 15.7 Å². The van der Waals surface area contributed by atoms with Crippen molar-refractivity contribution in [1.82, 2.24) is 19.9 Å². The number of benzene rings is 2. The minimum absolute atomic E-state index is 0.0383. The number of aromatic nitrogens is 4. The summed E-state index contributed by atoms with van der Waals surface area (Å²) < 4.78 is 0. The summed E-state index contributed by atoms with van der Waals surface area (Å²) in [6, 6.07) is 15.7. The zero-order chi connectivity index (χ0) is 17.0. The number of fused-ring (bicyclic) bond motifs is 4. The van der Waals surface area contributed by atoms with E-state index in [9.17, 15) is 0 Å². The smallest absolute Gasteiger partial charge is 0.157 e. The summed E-state index contributed by atoms with van der Waals surface area (Å²) in [4.78, 5) is 15.8. The number of nitrogens with one attached hydrogen (secondary N) is 3. The average Bonchev–Trinajstić information content (AvgIpc) is 3.21. The summed E-state index contributed by atoms with van der Waals surface area (Å²) in [5.41, 5.74) is 10.8. The monoisotopic (exact) mass is 326 g/mol. The van der Waals surface area contributed by atoms with E-state index in [1.54, 1.807) is 6.07 Å². The van der Waals surface area contributed by atoms with E-state index in [0.29, 0.717) is 11.4 Å². The van der Waals surface area contributed by atoms with Crippen LogP contribution in [0.15, 0.2) is 54.7 Å². The lowest BCUT2D eigenvalue weighted by Crippen LogP contribution is -2.10. The lowest BCUT2D eigenvalue weighted by Gasteiger charge is -1.97. The zero-order valence-electron chi connectivity index (χ0n) is 13.2. The van der Waals surface area contributed by atoms with Crippen LogP contribution in [0.4, 0.5) is 0 Å². The van der Waals surface area contributed by atoms with Crippen LogP contribution in [-0.4, -0.2) is 25.8 Å². The van der Waals surface area contributed by atoms with Gasteiger partial charge in [-0.05, 0) is 30.3 Å². The van der Waals surface area contributed by atoms with Crippen LogP contribution < -0.4 is 5.73 Å². The highest BCUT2D eigenvalue weighted by atomic mass is 14.9. The minimum atomic E-state index is 0.0383. The van der Waals surface area contributed by atoms with Crippen LogP contribution in [0.5, 0.6) is 0 Å². The standard InChI is InChI=1S/C19H14N6/c20-18(21)10-5-6-14-15(7-10)25-19(24-14)16-8-12-11-3-1-2-4-13(11)23-17(12)9-22-16/h1-9,23H,(H3,20,21)(H,24,25). The fraction of sp³-hybridized carbons (Fsp3) is 0. The third-order valence-electron chi connectivity index (χ3n) is 4.43. The van der Waals surface area contributed by atoms with E-state index < -0.39 is 0 Å². The predicted molar refractivity (Wildman–Crippen MR) is 99.7 cm³/mol. The molecule has 25 heavy (non-hydrogen) atoms. The quantitative estimate of drug-likeness (QED) is 0.294. The van der Waals surface area contributed by atoms with Crippen molar-refractivity contribution in [2.24, 2.45) is 5.73 Å². The number of imidazole rings is 1. The van der Waals surface area contributed by atoms with Crippen molar-refractivity contribution in [1.29, 1.82) is 5.41 Å². The first-order valence-corrected chi connectivity index (χ1v) is 7.90. The van der Waals surface area contributed by atoms with Gasteiger partial charge in [0.1, 0.15) is 11.5 Å². The molecule has 0 spiro atoms. The second kappa shape index (κ2) is 4.91. The second-order valence-electron chi connectivity index (χ2n) is 6.02. The molecular weight excluding hydrogens is 312 g/mol. The second-order valence-corrected chi connectivity index (χ2v) is 6.02. The fourth-order valence-electron chi connectivity index (χ4n) is 3.18. The zero-order valence-corrected chi connectivity index (χ0v) is 13.2. The first kappa shape index (κ1) is 13.7. The molecule has 6 heteroatoms. The SMILES string of the molecule is N=C(N)c1ccc2nc(-c3cc4c(cn3)[nH]c3ccccc34)[nH]c2c1. The number of H-pyrrole nitrogens is 2. The molecule has 0 aliphatic rings. The Labute approximate surface area is 142 Å². The van der Waals surface area contributed by atoms with Crippen molar-refractivity contribution in [3.63, 3.8) is 0 Å². The molecular formula is C19H14N6. The van der Waals surface area contributed by atoms with E-state index in [1.165, 1.54) is 0 Å². The molecule has 5 aromatic rings. The number of para-hydroxylation sites is 1. The number of rotatable bonds is 2. The van der Waals surface area contributed by atoms with Crippen LogP contribution in [0.3, 0.4) is 0 Å². The Bertz CT molecular complexity index is 1280. The Kier molecular flexibility index (Phi) is 2.70. The number of hydrogen-bond acceptors (Lipinski definition) is 3. The molecule has 0 unspecified atom stereocenters. The summed E-state index contributed by atoms with van der Waals surface area (Å²) in [6.07, 6.45) is 1.83. The van der Waals surface area contributed by atoms with Crippen molar-refractivity contribution in [2.75, 3.05) is 0 Å². The number of amidine groups is 1. The van der Waals surface area contributed by atoms with Crippen LogP contribution in [0.25, 0.3) is 44.4 Å². The molecule has 3 heterocycles. The van der Waals surface area contributed by atoms with Gasteiger partial charge in [-0.2, -0.15) is 0 Å². The minimum Gasteiger partial charge on any atom is -0.384 e. The molecule has 120 valence electrons. The van der Waals surface area contributed by atoms with Crippen molar-refractivity contribution in [2.45, 2.75) is 0 Å². The molecule has 0 aliphatic carbocycles. The molecule has 0 bridgehead atoms. The Morgan fingerprint density at radius 3 is 2.68 bits per heavy atom. The Morgan fingerprint density at radius 2 is 1.80 bits per heavy atom. The van der Waals surface area contributed by atoms with Crippen LogP contribution in [0, 0.1) is 5.41 Å². The molecule has 5 rings (SSSR count). The van der Waals surface area contributed by atoms with Gasteiger partial charge in [-0.1, -0.05) is 18.2 Å². The molecule has 0 fully saturated rings. The number of nitrogens with two attached hydrogens (primary N) is 1. The lowest BCUT2D eigenvalue weighted by atomic mass is 10.1. The molecule has 3 aromatic heterocycles. The van der Waals surface area contributed by atoms with Crippen LogP contribution in [0.1, 0.15) is 5.56 Å². The van der Waals surface area contributed by atoms with Crippen LogP contribution in [-0.2, 0) is 0 Å². The van der Waals surface area contributed by atoms with E-state index in [4.69, 9.17) is 11.1 Å². The van der Waals surface area contributed by atoms with E-state index in [0.717, 1.165) is 38.5 Å². The summed E-state index contributed by atoms with van der Waals surface area (Å²) in [7, 11) is 0. The van der Waals surface area contributed by atoms with Gasteiger partial charge in [-0.25, -0.2) is 4.98 Å². The normalized spacial score (nSPS) is 11.5. The summed E-state index contributed by atoms with van der Waals surface area (Å²) in [5, 5.41) is 9.84. The predicted octanol–water partition coefficient (Wildman–Crippen LogP) is 3.54. The molecule has 0 saturated carbocycles. The van der Waals surface area contributed by atoms with Gasteiger partial charge in [-0.3, -0.25) is 10.4 Å². The maximum absolute atomic E-state index is 7.56. The molecule has 0 radical (unpaired) electrons. The highest BCUT2D eigenvalue weighted by molar-refractivity contribution is 6.07. The van der Waals surface area contributed by atoms with Crippen molar-refractivity contribution in [3.05, 3.63) is 60.3 Å². The van der Waals surface area contributed by atoms with Gasteiger partial charge in [0, 0.05) is 21.9 Å². The molecule has 2 aromatic carbocycles. The highest BCUT2D eigenvalue weighted by Crippen LogP contribution is 2.28. The van der Waals surface area contributed by atoms with Gasteiger partial charge in [0.05, 0.1) is 22.7 Å². The number of nitrogens with zero attached hydrogens (tertiary/aromatic N) is 2. The summed E-state index contributed by atoms with van der Waals surface area (Å²) >= 11 is 0. The number of aromatic amines is 2. The van der Waals surface area contributed by atoms with Gasteiger partial charge >= 0.3 is 0 Å². The summed E-state index contributed by atoms with van der Waals surface area (Å²) in [6.45, 7) is 0. The Hall–Kier alpha value is -3.67. The fourth-order valence-corrected chi connectivity index (χ4v) is 3.18. The number of pyridine rings is 1. The first-order chi connectivity index (χ1) is 12.2. The van der Waals surface area contributed by atoms with Gasteiger partial charge in [0.2, 0.25) is 0 Å². The maximum atomic E-state index is 7.56. The number of nitrogen functional groups attached to an aromatic ring is 1. The van der Waals surface area contributed by atoms with E-state index in [1.807, 2.05) is 36.5 Å². The third-order valence-corrected chi connectivity index (χ3v) is 4.43. The molecule has 6 nitrogen and oxygen atoms in total. The molecule has 0 amide bonds. The third kappa shape index (κ3) is 2.08. The summed E-state index contributed by atoms with van der Waals surface area (Å²) in [5.74, 6) is 0.735. The molecule has 5 N–H and O–H groups in total. The van der Waals surface area contributed by atoms with E-state index in [2.05, 4.69) is 32.1 Å². The highest BCUT2D eigenvalue weighted by Gasteiger charge is 2.11. The van der Waals surface area contributed by atoms with E-state index in [-0.39, 0.29) is 5.84 Å². The number of hydrogen-bond donors (Lipinski definition) is 4. The van der Waals surface area contributed by atoms with Gasteiger partial charge in [0.15, 0.2) is 5.82 Å². The molecule has 0 atom stereocenters. The van der Waals surface area contributed by atoms with Crippen LogP contribution >= 0.6 is 0 Å². The van der Waals surface area contributed by atoms with Crippen LogP contribution in [0.2, 0.25) is 0 Å². The van der Waals surface area contributed by atoms with Gasteiger partial charge in [0.25, 0.3) is 0 Å². The van der Waals surface area contributed by atoms with Crippen molar-refractivity contribution >= 4 is 38.7 Å². The largest absolute Gasteiger partial charge is 0.384 e. The molecule has 0 saturated heterocycles. The molecule has 0 aliphatic heterocycles. The average molecular weight is 326 g/mol. The lowest BCUT2D eigenvalue weighted by molar-refractivity contribution is 1.25. The topological polar surface area (TPSA) is 107 Å². The Morgan fingerprint density at radius 1 is 0.920 bits per heavy atom. The van der Waals surface area contributed by atoms with Crippen molar-refractivity contribution < 1.29 is 0 Å². The maximum Gasteiger partial charge on any atom is 0.157 e.